The van der Waals surface area contributed by atoms with Gasteiger partial charge in [0, 0.05) is 17.3 Å². The molecule has 0 radical (unpaired) electrons. The van der Waals surface area contributed by atoms with E-state index in [2.05, 4.69) is 15.6 Å². The minimum Gasteiger partial charge on any atom is -0.395 e. The Balaban J connectivity index is 1.66. The first-order valence-corrected chi connectivity index (χ1v) is 12.3. The average molecular weight is 554 g/mol. The van der Waals surface area contributed by atoms with Gasteiger partial charge in [0.25, 0.3) is 5.91 Å². The van der Waals surface area contributed by atoms with Gasteiger partial charge in [0.1, 0.15) is 23.0 Å². The van der Waals surface area contributed by atoms with Crippen LogP contribution >= 0.6 is 0 Å². The Morgan fingerprint density at radius 1 is 1.10 bits per heavy atom. The highest BCUT2D eigenvalue weighted by Gasteiger charge is 2.32. The second-order valence-electron chi connectivity index (χ2n) is 9.29. The maximum atomic E-state index is 14.7. The van der Waals surface area contributed by atoms with Gasteiger partial charge in [-0.25, -0.2) is 13.8 Å². The number of nitriles is 1. The van der Waals surface area contributed by atoms with Gasteiger partial charge in [0.05, 0.1) is 23.4 Å². The largest absolute Gasteiger partial charge is 0.430 e. The van der Waals surface area contributed by atoms with Gasteiger partial charge in [-0.3, -0.25) is 4.79 Å². The van der Waals surface area contributed by atoms with Crippen LogP contribution in [0, 0.1) is 28.9 Å². The van der Waals surface area contributed by atoms with E-state index in [-0.39, 0.29) is 22.5 Å². The highest BCUT2D eigenvalue weighted by molar-refractivity contribution is 6.47. The number of halogens is 5. The molecule has 0 aromatic heterocycles. The van der Waals surface area contributed by atoms with Gasteiger partial charge in [0.15, 0.2) is 0 Å². The zero-order chi connectivity index (χ0) is 28.9. The van der Waals surface area contributed by atoms with E-state index in [1.807, 2.05) is 6.07 Å². The van der Waals surface area contributed by atoms with Crippen molar-refractivity contribution in [3.05, 3.63) is 107 Å². The maximum Gasteiger partial charge on any atom is 0.430 e. The van der Waals surface area contributed by atoms with Crippen molar-refractivity contribution in [3.63, 3.8) is 0 Å². The van der Waals surface area contributed by atoms with Crippen molar-refractivity contribution in [1.29, 1.82) is 5.26 Å². The quantitative estimate of drug-likeness (QED) is 0.222. The first kappa shape index (κ1) is 28.4. The number of nitrogens with zero attached hydrogens (tertiary/aromatic N) is 2. The fourth-order valence-electron chi connectivity index (χ4n) is 3.90. The van der Waals surface area contributed by atoms with Gasteiger partial charge in [-0.15, -0.1) is 0 Å². The van der Waals surface area contributed by atoms with Crippen molar-refractivity contribution < 1.29 is 26.7 Å². The number of hydrogen-bond donors (Lipinski definition) is 3. The summed E-state index contributed by atoms with van der Waals surface area (Å²) in [5, 5.41) is 14.9. The van der Waals surface area contributed by atoms with Crippen LogP contribution in [0.15, 0.2) is 83.5 Å². The van der Waals surface area contributed by atoms with Crippen molar-refractivity contribution in [1.82, 2.24) is 5.32 Å². The van der Waals surface area contributed by atoms with Gasteiger partial charge >= 0.3 is 6.18 Å². The van der Waals surface area contributed by atoms with Crippen molar-refractivity contribution in [2.75, 3.05) is 11.9 Å². The van der Waals surface area contributed by atoms with Crippen LogP contribution < -0.4 is 16.4 Å². The Morgan fingerprint density at radius 3 is 2.52 bits per heavy atom. The number of anilines is 1. The van der Waals surface area contributed by atoms with Gasteiger partial charge in [-0.05, 0) is 73.3 Å². The standard InChI is InChI=1S/C29H24F5N5O/c30-20-9-10-23(24(31)13-20)27(37-16-17-7-8-17)19-4-2-6-22(12-19)39-28(40)25(14-26(36)29(32,33)34)38-21-5-1-3-18(11-21)15-35/h1-6,9-14,17,27,37H,7-8,16,36H2,(H,39,40). The van der Waals surface area contributed by atoms with Crippen molar-refractivity contribution in [2.45, 2.75) is 25.1 Å². The summed E-state index contributed by atoms with van der Waals surface area (Å²) in [5.74, 6) is -2.02. The molecular weight excluding hydrogens is 529 g/mol. The molecule has 1 unspecified atom stereocenters. The predicted octanol–water partition coefficient (Wildman–Crippen LogP) is 6.04. The summed E-state index contributed by atoms with van der Waals surface area (Å²) in [4.78, 5) is 17.1. The van der Waals surface area contributed by atoms with E-state index < -0.39 is 41.2 Å². The number of aliphatic imine (C=N–C) groups is 1. The van der Waals surface area contributed by atoms with E-state index in [9.17, 15) is 26.7 Å². The van der Waals surface area contributed by atoms with Crippen LogP contribution in [-0.4, -0.2) is 24.3 Å². The number of carbonyl (C=O) groups is 1. The fraction of sp³-hybridized carbons (Fsp3) is 0.207. The zero-order valence-corrected chi connectivity index (χ0v) is 21.0. The minimum atomic E-state index is -4.91. The van der Waals surface area contributed by atoms with E-state index in [1.54, 1.807) is 12.1 Å². The summed E-state index contributed by atoms with van der Waals surface area (Å²) >= 11 is 0. The summed E-state index contributed by atoms with van der Waals surface area (Å²) in [6.07, 6.45) is -2.42. The molecule has 6 nitrogen and oxygen atoms in total. The topological polar surface area (TPSA) is 103 Å². The normalized spacial score (nSPS) is 14.9. The zero-order valence-electron chi connectivity index (χ0n) is 21.0. The number of nitrogens with two attached hydrogens (primary N) is 1. The van der Waals surface area contributed by atoms with Gasteiger partial charge < -0.3 is 16.4 Å². The van der Waals surface area contributed by atoms with E-state index in [1.165, 1.54) is 42.5 Å². The van der Waals surface area contributed by atoms with E-state index in [0.717, 1.165) is 25.0 Å². The molecule has 0 heterocycles. The van der Waals surface area contributed by atoms with Crippen LogP contribution in [0.2, 0.25) is 0 Å². The highest BCUT2D eigenvalue weighted by Crippen LogP contribution is 2.32. The molecule has 1 amide bonds. The molecule has 0 bridgehead atoms. The molecule has 1 aliphatic rings. The fourth-order valence-corrected chi connectivity index (χ4v) is 3.90. The Morgan fingerprint density at radius 2 is 1.85 bits per heavy atom. The van der Waals surface area contributed by atoms with Crippen molar-refractivity contribution in [2.24, 2.45) is 16.6 Å². The lowest BCUT2D eigenvalue weighted by molar-refractivity contribution is -0.110. The highest BCUT2D eigenvalue weighted by atomic mass is 19.4. The van der Waals surface area contributed by atoms with E-state index in [0.29, 0.717) is 24.1 Å². The summed E-state index contributed by atoms with van der Waals surface area (Å²) < 4.78 is 67.8. The lowest BCUT2D eigenvalue weighted by Crippen LogP contribution is -2.27. The molecule has 3 aromatic rings. The van der Waals surface area contributed by atoms with Crippen LogP contribution in [0.3, 0.4) is 0 Å². The van der Waals surface area contributed by atoms with Crippen LogP contribution in [-0.2, 0) is 4.79 Å². The Hall–Kier alpha value is -4.56. The van der Waals surface area contributed by atoms with E-state index in [4.69, 9.17) is 11.0 Å². The SMILES string of the molecule is N#Cc1cccc(N=C(C=C(N)C(F)(F)F)C(=O)Nc2cccc(C(NCC3CC3)c3ccc(F)cc3F)c2)c1. The molecule has 40 heavy (non-hydrogen) atoms. The summed E-state index contributed by atoms with van der Waals surface area (Å²) in [6, 6.07) is 16.5. The molecule has 1 saturated carbocycles. The molecule has 0 aliphatic heterocycles. The average Bonchev–Trinajstić information content (AvgIpc) is 3.74. The lowest BCUT2D eigenvalue weighted by Gasteiger charge is -2.21. The molecule has 0 saturated heterocycles. The van der Waals surface area contributed by atoms with Crippen LogP contribution in [0.25, 0.3) is 0 Å². The Bertz CT molecular complexity index is 1510. The molecule has 1 fully saturated rings. The number of benzene rings is 3. The maximum absolute atomic E-state index is 14.7. The van der Waals surface area contributed by atoms with Crippen LogP contribution in [0.4, 0.5) is 33.3 Å². The molecule has 4 N–H and O–H groups in total. The first-order chi connectivity index (χ1) is 19.0. The lowest BCUT2D eigenvalue weighted by atomic mass is 9.97. The van der Waals surface area contributed by atoms with Crippen LogP contribution in [0.5, 0.6) is 0 Å². The second-order valence-corrected chi connectivity index (χ2v) is 9.29. The third-order valence-corrected chi connectivity index (χ3v) is 6.14. The van der Waals surface area contributed by atoms with Gasteiger partial charge in [-0.1, -0.05) is 24.3 Å². The van der Waals surface area contributed by atoms with E-state index >= 15 is 0 Å². The number of allylic oxidation sites excluding steroid dienone is 1. The number of rotatable bonds is 9. The molecule has 4 rings (SSSR count). The van der Waals surface area contributed by atoms with Crippen molar-refractivity contribution >= 4 is 23.0 Å². The Kier molecular flexibility index (Phi) is 8.60. The Labute approximate surface area is 227 Å². The number of carbonyl (C=O) groups excluding carboxylic acids is 1. The number of alkyl halides is 3. The second kappa shape index (κ2) is 12.1. The summed E-state index contributed by atoms with van der Waals surface area (Å²) in [7, 11) is 0. The van der Waals surface area contributed by atoms with Crippen LogP contribution in [0.1, 0.15) is 35.6 Å². The number of amides is 1. The number of hydrogen-bond acceptors (Lipinski definition) is 5. The minimum absolute atomic E-state index is 0.0697. The monoisotopic (exact) mass is 553 g/mol. The first-order valence-electron chi connectivity index (χ1n) is 12.3. The van der Waals surface area contributed by atoms with Gasteiger partial charge in [0.2, 0.25) is 0 Å². The molecule has 11 heteroatoms. The molecule has 0 spiro atoms. The van der Waals surface area contributed by atoms with Crippen molar-refractivity contribution in [3.8, 4) is 6.07 Å². The summed E-state index contributed by atoms with van der Waals surface area (Å²) in [5.41, 5.74) is 4.17. The molecule has 206 valence electrons. The molecule has 3 aromatic carbocycles. The smallest absolute Gasteiger partial charge is 0.395 e. The molecule has 1 aliphatic carbocycles. The third kappa shape index (κ3) is 7.51. The summed E-state index contributed by atoms with van der Waals surface area (Å²) in [6.45, 7) is 0.595. The number of nitrogens with one attached hydrogen (secondary N) is 2. The molecule has 1 atom stereocenters. The van der Waals surface area contributed by atoms with Gasteiger partial charge in [-0.2, -0.15) is 18.4 Å². The third-order valence-electron chi connectivity index (χ3n) is 6.14. The molecular formula is C29H24F5N5O. The predicted molar refractivity (Wildman–Crippen MR) is 141 cm³/mol.